The lowest BCUT2D eigenvalue weighted by molar-refractivity contribution is -0.145. The zero-order chi connectivity index (χ0) is 11.3. The number of aromatic nitrogens is 3. The number of H-pyrrole nitrogens is 1. The molecule has 1 aromatic heterocycles. The van der Waals surface area contributed by atoms with Gasteiger partial charge in [0, 0.05) is 0 Å². The van der Waals surface area contributed by atoms with Crippen LogP contribution in [0.15, 0.2) is 0 Å². The third kappa shape index (κ3) is 2.93. The average Bonchev–Trinajstić information content (AvgIpc) is 2.61. The molecule has 0 saturated heterocycles. The van der Waals surface area contributed by atoms with E-state index in [0.29, 0.717) is 18.9 Å². The SMILES string of the molecule is CCCC(C(=O)OCC)c1nc(N)n[nH]1. The first-order chi connectivity index (χ1) is 7.19. The molecule has 1 aromatic rings. The fourth-order valence-electron chi connectivity index (χ4n) is 1.34. The highest BCUT2D eigenvalue weighted by molar-refractivity contribution is 5.77. The monoisotopic (exact) mass is 212 g/mol. The molecule has 15 heavy (non-hydrogen) atoms. The van der Waals surface area contributed by atoms with E-state index < -0.39 is 0 Å². The van der Waals surface area contributed by atoms with Gasteiger partial charge in [0.05, 0.1) is 6.61 Å². The number of nitrogen functional groups attached to an aromatic ring is 1. The number of ether oxygens (including phenoxy) is 1. The largest absolute Gasteiger partial charge is 0.465 e. The summed E-state index contributed by atoms with van der Waals surface area (Å²) < 4.78 is 4.95. The van der Waals surface area contributed by atoms with Gasteiger partial charge in [-0.05, 0) is 13.3 Å². The first-order valence-corrected chi connectivity index (χ1v) is 5.03. The van der Waals surface area contributed by atoms with Gasteiger partial charge >= 0.3 is 5.97 Å². The summed E-state index contributed by atoms with van der Waals surface area (Å²) in [7, 11) is 0. The number of rotatable bonds is 5. The van der Waals surface area contributed by atoms with Crippen LogP contribution >= 0.6 is 0 Å². The Kier molecular flexibility index (Phi) is 4.08. The van der Waals surface area contributed by atoms with Crippen molar-refractivity contribution < 1.29 is 9.53 Å². The Balaban J connectivity index is 2.77. The van der Waals surface area contributed by atoms with Crippen LogP contribution < -0.4 is 5.73 Å². The van der Waals surface area contributed by atoms with Crippen LogP contribution in [0.5, 0.6) is 0 Å². The smallest absolute Gasteiger partial charge is 0.316 e. The minimum Gasteiger partial charge on any atom is -0.465 e. The van der Waals surface area contributed by atoms with E-state index >= 15 is 0 Å². The van der Waals surface area contributed by atoms with Crippen LogP contribution in [0, 0.1) is 0 Å². The molecular weight excluding hydrogens is 196 g/mol. The lowest BCUT2D eigenvalue weighted by Crippen LogP contribution is -2.17. The molecule has 0 spiro atoms. The summed E-state index contributed by atoms with van der Waals surface area (Å²) in [6.45, 7) is 4.13. The van der Waals surface area contributed by atoms with E-state index in [0.717, 1.165) is 6.42 Å². The molecule has 0 saturated carbocycles. The molecule has 84 valence electrons. The maximum Gasteiger partial charge on any atom is 0.316 e. The minimum absolute atomic E-state index is 0.149. The molecule has 0 aliphatic carbocycles. The highest BCUT2D eigenvalue weighted by Gasteiger charge is 2.24. The maximum atomic E-state index is 11.6. The molecule has 0 bridgehead atoms. The van der Waals surface area contributed by atoms with E-state index in [1.807, 2.05) is 6.92 Å². The molecule has 6 nitrogen and oxygen atoms in total. The molecule has 1 rings (SSSR count). The molecule has 1 heterocycles. The van der Waals surface area contributed by atoms with Crippen molar-refractivity contribution in [3.05, 3.63) is 5.82 Å². The van der Waals surface area contributed by atoms with Crippen LogP contribution in [-0.2, 0) is 9.53 Å². The summed E-state index contributed by atoms with van der Waals surface area (Å²) in [6.07, 6.45) is 1.54. The zero-order valence-corrected chi connectivity index (χ0v) is 8.99. The molecule has 0 aliphatic rings. The molecule has 0 radical (unpaired) electrons. The van der Waals surface area contributed by atoms with E-state index in [1.165, 1.54) is 0 Å². The first kappa shape index (κ1) is 11.5. The quantitative estimate of drug-likeness (QED) is 0.705. The molecule has 0 amide bonds. The van der Waals surface area contributed by atoms with E-state index in [9.17, 15) is 4.79 Å². The van der Waals surface area contributed by atoms with Crippen molar-refractivity contribution in [1.82, 2.24) is 15.2 Å². The normalized spacial score (nSPS) is 12.4. The number of aromatic amines is 1. The number of anilines is 1. The van der Waals surface area contributed by atoms with Crippen LogP contribution in [0.1, 0.15) is 38.4 Å². The molecule has 0 fully saturated rings. The number of carbonyl (C=O) groups is 1. The van der Waals surface area contributed by atoms with Gasteiger partial charge in [0.2, 0.25) is 5.95 Å². The summed E-state index contributed by atoms with van der Waals surface area (Å²) >= 11 is 0. The van der Waals surface area contributed by atoms with Crippen molar-refractivity contribution in [1.29, 1.82) is 0 Å². The third-order valence-electron chi connectivity index (χ3n) is 2.00. The predicted octanol–water partition coefficient (Wildman–Crippen LogP) is 0.834. The van der Waals surface area contributed by atoms with E-state index in [1.54, 1.807) is 6.92 Å². The van der Waals surface area contributed by atoms with Gasteiger partial charge in [0.15, 0.2) is 0 Å². The lowest BCUT2D eigenvalue weighted by Gasteiger charge is -2.11. The summed E-state index contributed by atoms with van der Waals surface area (Å²) in [5, 5.41) is 6.34. The van der Waals surface area contributed by atoms with Crippen molar-refractivity contribution in [3.63, 3.8) is 0 Å². The zero-order valence-electron chi connectivity index (χ0n) is 8.99. The Morgan fingerprint density at radius 2 is 2.33 bits per heavy atom. The minimum atomic E-state index is -0.389. The van der Waals surface area contributed by atoms with Crippen molar-refractivity contribution in [2.75, 3.05) is 12.3 Å². The van der Waals surface area contributed by atoms with Gasteiger partial charge in [-0.3, -0.25) is 9.89 Å². The number of hydrogen-bond acceptors (Lipinski definition) is 5. The van der Waals surface area contributed by atoms with Crippen molar-refractivity contribution in [2.24, 2.45) is 0 Å². The lowest BCUT2D eigenvalue weighted by atomic mass is 10.0. The Morgan fingerprint density at radius 3 is 2.80 bits per heavy atom. The van der Waals surface area contributed by atoms with Crippen LogP contribution in [0.25, 0.3) is 0 Å². The summed E-state index contributed by atoms with van der Waals surface area (Å²) in [5.74, 6) is -0.0431. The molecule has 0 aliphatic heterocycles. The Morgan fingerprint density at radius 1 is 1.60 bits per heavy atom. The topological polar surface area (TPSA) is 93.9 Å². The second-order valence-electron chi connectivity index (χ2n) is 3.17. The third-order valence-corrected chi connectivity index (χ3v) is 2.00. The number of esters is 1. The van der Waals surface area contributed by atoms with Gasteiger partial charge in [-0.1, -0.05) is 13.3 Å². The number of nitrogens with two attached hydrogens (primary N) is 1. The van der Waals surface area contributed by atoms with Crippen LogP contribution in [0.2, 0.25) is 0 Å². The maximum absolute atomic E-state index is 11.6. The van der Waals surface area contributed by atoms with Crippen molar-refractivity contribution in [3.8, 4) is 0 Å². The van der Waals surface area contributed by atoms with Gasteiger partial charge < -0.3 is 10.5 Å². The van der Waals surface area contributed by atoms with Crippen molar-refractivity contribution >= 4 is 11.9 Å². The van der Waals surface area contributed by atoms with E-state index in [4.69, 9.17) is 10.5 Å². The van der Waals surface area contributed by atoms with Crippen LogP contribution in [-0.4, -0.2) is 27.8 Å². The molecule has 3 N–H and O–H groups in total. The number of carbonyl (C=O) groups excluding carboxylic acids is 1. The number of nitrogens with zero attached hydrogens (tertiary/aromatic N) is 2. The summed E-state index contributed by atoms with van der Waals surface area (Å²) in [6, 6.07) is 0. The number of hydrogen-bond donors (Lipinski definition) is 2. The molecule has 1 atom stereocenters. The average molecular weight is 212 g/mol. The Bertz CT molecular complexity index is 324. The Hall–Kier alpha value is -1.59. The Labute approximate surface area is 88.2 Å². The summed E-state index contributed by atoms with van der Waals surface area (Å²) in [4.78, 5) is 15.5. The van der Waals surface area contributed by atoms with Gasteiger partial charge in [-0.2, -0.15) is 4.98 Å². The van der Waals surface area contributed by atoms with Gasteiger partial charge in [0.1, 0.15) is 11.7 Å². The standard InChI is InChI=1S/C9H16N4O2/c1-3-5-6(8(14)15-4-2)7-11-9(10)13-12-7/h6H,3-5H2,1-2H3,(H3,10,11,12,13). The second-order valence-corrected chi connectivity index (χ2v) is 3.17. The van der Waals surface area contributed by atoms with Gasteiger partial charge in [-0.25, -0.2) is 0 Å². The van der Waals surface area contributed by atoms with E-state index in [2.05, 4.69) is 15.2 Å². The molecule has 0 aromatic carbocycles. The van der Waals surface area contributed by atoms with E-state index in [-0.39, 0.29) is 17.8 Å². The first-order valence-electron chi connectivity index (χ1n) is 5.03. The van der Waals surface area contributed by atoms with Crippen LogP contribution in [0.3, 0.4) is 0 Å². The molecule has 1 unspecified atom stereocenters. The highest BCUT2D eigenvalue weighted by atomic mass is 16.5. The number of nitrogens with one attached hydrogen (secondary N) is 1. The van der Waals surface area contributed by atoms with Gasteiger partial charge in [-0.15, -0.1) is 5.10 Å². The molecular formula is C9H16N4O2. The fourth-order valence-corrected chi connectivity index (χ4v) is 1.34. The fraction of sp³-hybridized carbons (Fsp3) is 0.667. The second kappa shape index (κ2) is 5.33. The summed E-state index contributed by atoms with van der Waals surface area (Å²) in [5.41, 5.74) is 5.38. The highest BCUT2D eigenvalue weighted by Crippen LogP contribution is 2.19. The predicted molar refractivity (Wildman–Crippen MR) is 55.1 cm³/mol. The molecule has 6 heteroatoms. The van der Waals surface area contributed by atoms with Gasteiger partial charge in [0.25, 0.3) is 0 Å². The van der Waals surface area contributed by atoms with Crippen molar-refractivity contribution in [2.45, 2.75) is 32.6 Å². The van der Waals surface area contributed by atoms with Crippen LogP contribution in [0.4, 0.5) is 5.95 Å².